The lowest BCUT2D eigenvalue weighted by Crippen LogP contribution is -2.28. The van der Waals surface area contributed by atoms with Gasteiger partial charge < -0.3 is 15.4 Å². The van der Waals surface area contributed by atoms with Crippen molar-refractivity contribution in [3.63, 3.8) is 0 Å². The van der Waals surface area contributed by atoms with Crippen LogP contribution in [0.3, 0.4) is 0 Å². The third-order valence-electron chi connectivity index (χ3n) is 3.79. The number of rotatable bonds is 10. The Morgan fingerprint density at radius 2 is 1.63 bits per heavy atom. The molecule has 0 aliphatic rings. The van der Waals surface area contributed by atoms with Gasteiger partial charge in [0.1, 0.15) is 5.75 Å². The quantitative estimate of drug-likeness (QED) is 0.626. The van der Waals surface area contributed by atoms with Crippen LogP contribution in [-0.2, 0) is 11.2 Å². The zero-order valence-corrected chi connectivity index (χ0v) is 14.8. The van der Waals surface area contributed by atoms with E-state index < -0.39 is 6.61 Å². The Bertz CT molecular complexity index is 722. The van der Waals surface area contributed by atoms with Crippen LogP contribution in [0.5, 0.6) is 5.75 Å². The van der Waals surface area contributed by atoms with Crippen molar-refractivity contribution < 1.29 is 23.1 Å². The first-order valence-electron chi connectivity index (χ1n) is 8.68. The van der Waals surface area contributed by atoms with Gasteiger partial charge in [-0.25, -0.2) is 0 Å². The number of hydrogen-bond acceptors (Lipinski definition) is 3. The molecule has 2 aromatic rings. The van der Waals surface area contributed by atoms with Crippen LogP contribution in [0.4, 0.5) is 8.78 Å². The van der Waals surface area contributed by atoms with Gasteiger partial charge in [-0.3, -0.25) is 9.59 Å². The Kier molecular flexibility index (Phi) is 8.22. The molecule has 7 heteroatoms. The third kappa shape index (κ3) is 7.85. The van der Waals surface area contributed by atoms with Crippen molar-refractivity contribution in [2.75, 3.05) is 13.1 Å². The monoisotopic (exact) mass is 376 g/mol. The number of nitrogens with one attached hydrogen (secondary N) is 2. The highest BCUT2D eigenvalue weighted by Crippen LogP contribution is 2.14. The van der Waals surface area contributed by atoms with Crippen LogP contribution in [-0.4, -0.2) is 31.5 Å². The Balaban J connectivity index is 1.57. The lowest BCUT2D eigenvalue weighted by molar-refractivity contribution is -0.121. The maximum Gasteiger partial charge on any atom is 0.387 e. The van der Waals surface area contributed by atoms with E-state index in [9.17, 15) is 18.4 Å². The summed E-state index contributed by atoms with van der Waals surface area (Å²) < 4.78 is 28.4. The Labute approximate surface area is 156 Å². The number of amides is 2. The minimum Gasteiger partial charge on any atom is -0.435 e. The van der Waals surface area contributed by atoms with Gasteiger partial charge in [0.2, 0.25) is 5.91 Å². The number of benzene rings is 2. The first-order valence-corrected chi connectivity index (χ1v) is 8.68. The second-order valence-corrected chi connectivity index (χ2v) is 5.85. The van der Waals surface area contributed by atoms with E-state index in [0.29, 0.717) is 37.9 Å². The molecule has 0 saturated carbocycles. The van der Waals surface area contributed by atoms with Crippen molar-refractivity contribution >= 4 is 11.8 Å². The summed E-state index contributed by atoms with van der Waals surface area (Å²) in [6.07, 6.45) is 1.45. The lowest BCUT2D eigenvalue weighted by atomic mass is 10.1. The van der Waals surface area contributed by atoms with Crippen molar-refractivity contribution in [2.24, 2.45) is 0 Å². The molecule has 0 aliphatic carbocycles. The summed E-state index contributed by atoms with van der Waals surface area (Å²) in [5.41, 5.74) is 1.50. The fourth-order valence-electron chi connectivity index (χ4n) is 2.41. The predicted molar refractivity (Wildman–Crippen MR) is 97.8 cm³/mol. The lowest BCUT2D eigenvalue weighted by Gasteiger charge is -2.08. The van der Waals surface area contributed by atoms with E-state index in [0.717, 1.165) is 5.56 Å². The third-order valence-corrected chi connectivity index (χ3v) is 3.79. The molecular formula is C20H22F2N2O3. The number of ether oxygens (including phenoxy) is 1. The summed E-state index contributed by atoms with van der Waals surface area (Å²) in [5.74, 6) is -0.146. The predicted octanol–water partition coefficient (Wildman–Crippen LogP) is 3.16. The molecule has 0 saturated heterocycles. The van der Waals surface area contributed by atoms with Crippen molar-refractivity contribution in [2.45, 2.75) is 25.9 Å². The summed E-state index contributed by atoms with van der Waals surface area (Å²) >= 11 is 0. The van der Waals surface area contributed by atoms with E-state index in [2.05, 4.69) is 15.4 Å². The van der Waals surface area contributed by atoms with Crippen LogP contribution in [0.1, 0.15) is 28.8 Å². The van der Waals surface area contributed by atoms with Gasteiger partial charge in [-0.1, -0.05) is 30.3 Å². The topological polar surface area (TPSA) is 67.4 Å². The molecule has 0 unspecified atom stereocenters. The van der Waals surface area contributed by atoms with Gasteiger partial charge in [0.05, 0.1) is 0 Å². The molecule has 2 aromatic carbocycles. The van der Waals surface area contributed by atoms with Crippen LogP contribution < -0.4 is 15.4 Å². The molecule has 0 aromatic heterocycles. The van der Waals surface area contributed by atoms with E-state index in [-0.39, 0.29) is 17.6 Å². The molecule has 0 atom stereocenters. The van der Waals surface area contributed by atoms with E-state index in [1.165, 1.54) is 12.1 Å². The second kappa shape index (κ2) is 10.9. The van der Waals surface area contributed by atoms with Gasteiger partial charge in [-0.2, -0.15) is 8.78 Å². The molecule has 144 valence electrons. The summed E-state index contributed by atoms with van der Waals surface area (Å²) in [4.78, 5) is 23.6. The summed E-state index contributed by atoms with van der Waals surface area (Å²) in [7, 11) is 0. The fraction of sp³-hybridized carbons (Fsp3) is 0.300. The highest BCUT2D eigenvalue weighted by atomic mass is 19.3. The first-order chi connectivity index (χ1) is 13.0. The molecule has 0 aliphatic heterocycles. The summed E-state index contributed by atoms with van der Waals surface area (Å²) in [6, 6.07) is 15.2. The molecule has 2 rings (SSSR count). The van der Waals surface area contributed by atoms with Crippen LogP contribution >= 0.6 is 0 Å². The molecule has 27 heavy (non-hydrogen) atoms. The molecule has 2 N–H and O–H groups in total. The van der Waals surface area contributed by atoms with Gasteiger partial charge in [0, 0.05) is 25.1 Å². The molecule has 2 amide bonds. The zero-order chi connectivity index (χ0) is 19.5. The minimum absolute atomic E-state index is 0.0957. The molecule has 0 radical (unpaired) electrons. The van der Waals surface area contributed by atoms with Crippen LogP contribution in [0.15, 0.2) is 54.6 Å². The summed E-state index contributed by atoms with van der Waals surface area (Å²) in [5, 5.41) is 5.57. The maximum atomic E-state index is 12.1. The van der Waals surface area contributed by atoms with Gasteiger partial charge in [-0.05, 0) is 42.7 Å². The molecule has 5 nitrogen and oxygen atoms in total. The Hall–Kier alpha value is -2.96. The van der Waals surface area contributed by atoms with Crippen molar-refractivity contribution in [1.29, 1.82) is 0 Å². The molecular weight excluding hydrogens is 354 g/mol. The second-order valence-electron chi connectivity index (χ2n) is 5.85. The first kappa shape index (κ1) is 20.4. The molecule has 0 fully saturated rings. The standard InChI is InChI=1S/C20H22F2N2O3/c21-20(22)27-17-10-8-15(9-11-17)12-14-23-18(25)7-4-13-24-19(26)16-5-2-1-3-6-16/h1-3,5-6,8-11,20H,4,7,12-14H2,(H,23,25)(H,24,26). The Morgan fingerprint density at radius 3 is 2.30 bits per heavy atom. The zero-order valence-electron chi connectivity index (χ0n) is 14.8. The molecule has 0 heterocycles. The minimum atomic E-state index is -2.84. The number of alkyl halides is 2. The van der Waals surface area contributed by atoms with E-state index in [1.807, 2.05) is 6.07 Å². The Morgan fingerprint density at radius 1 is 0.926 bits per heavy atom. The normalized spacial score (nSPS) is 10.5. The van der Waals surface area contributed by atoms with Crippen LogP contribution in [0.2, 0.25) is 0 Å². The number of carbonyl (C=O) groups is 2. The average Bonchev–Trinajstić information content (AvgIpc) is 2.67. The van der Waals surface area contributed by atoms with Crippen molar-refractivity contribution in [1.82, 2.24) is 10.6 Å². The molecule has 0 bridgehead atoms. The number of halogens is 2. The average molecular weight is 376 g/mol. The van der Waals surface area contributed by atoms with E-state index in [4.69, 9.17) is 0 Å². The number of hydrogen-bond donors (Lipinski definition) is 2. The van der Waals surface area contributed by atoms with E-state index >= 15 is 0 Å². The maximum absolute atomic E-state index is 12.1. The van der Waals surface area contributed by atoms with Gasteiger partial charge in [0.25, 0.3) is 5.91 Å². The van der Waals surface area contributed by atoms with Crippen molar-refractivity contribution in [3.05, 3.63) is 65.7 Å². The van der Waals surface area contributed by atoms with Gasteiger partial charge >= 0.3 is 6.61 Å². The molecule has 0 spiro atoms. The highest BCUT2D eigenvalue weighted by molar-refractivity contribution is 5.94. The fourth-order valence-corrected chi connectivity index (χ4v) is 2.41. The van der Waals surface area contributed by atoms with Gasteiger partial charge in [-0.15, -0.1) is 0 Å². The van der Waals surface area contributed by atoms with E-state index in [1.54, 1.807) is 36.4 Å². The van der Waals surface area contributed by atoms with Crippen molar-refractivity contribution in [3.8, 4) is 5.75 Å². The van der Waals surface area contributed by atoms with Crippen LogP contribution in [0, 0.1) is 0 Å². The SMILES string of the molecule is O=C(CCCNC(=O)c1ccccc1)NCCc1ccc(OC(F)F)cc1. The summed E-state index contributed by atoms with van der Waals surface area (Å²) in [6.45, 7) is -1.97. The van der Waals surface area contributed by atoms with Crippen LogP contribution in [0.25, 0.3) is 0 Å². The number of carbonyl (C=O) groups excluding carboxylic acids is 2. The largest absolute Gasteiger partial charge is 0.435 e. The smallest absolute Gasteiger partial charge is 0.387 e. The van der Waals surface area contributed by atoms with Gasteiger partial charge in [0.15, 0.2) is 0 Å². The highest BCUT2D eigenvalue weighted by Gasteiger charge is 2.06.